The molecular formula is C10H17NO3. The van der Waals surface area contributed by atoms with Gasteiger partial charge in [0.25, 0.3) is 0 Å². The van der Waals surface area contributed by atoms with Gasteiger partial charge in [0, 0.05) is 6.54 Å². The molecule has 3 rings (SSSR count). The summed E-state index contributed by atoms with van der Waals surface area (Å²) in [7, 11) is 0. The van der Waals surface area contributed by atoms with Crippen molar-refractivity contribution in [2.24, 2.45) is 5.92 Å². The second-order valence-corrected chi connectivity index (χ2v) is 4.98. The topological polar surface area (TPSA) is 39.7 Å². The molecule has 0 aliphatic carbocycles. The summed E-state index contributed by atoms with van der Waals surface area (Å²) in [6.07, 6.45) is 0.163. The summed E-state index contributed by atoms with van der Waals surface area (Å²) in [6.45, 7) is 7.08. The fourth-order valence-electron chi connectivity index (χ4n) is 2.69. The Morgan fingerprint density at radius 1 is 1.21 bits per heavy atom. The fraction of sp³-hybridized carbons (Fsp3) is 1.00. The average molecular weight is 199 g/mol. The van der Waals surface area contributed by atoms with E-state index in [2.05, 4.69) is 12.2 Å². The van der Waals surface area contributed by atoms with Gasteiger partial charge in [0.05, 0.1) is 12.1 Å². The standard InChI is InChI=1S/C10H17NO3/c1-5-4-11-6-7(5)12-9-8(6)13-10(2,3)14-9/h5-9,11H,4H2,1-3H3/t5-,6-,7+,8-,9-/m1/s1. The van der Waals surface area contributed by atoms with Crippen LogP contribution in [0.25, 0.3) is 0 Å². The molecule has 0 saturated carbocycles. The summed E-state index contributed by atoms with van der Waals surface area (Å²) in [5.41, 5.74) is 0. The lowest BCUT2D eigenvalue weighted by atomic mass is 10.0. The summed E-state index contributed by atoms with van der Waals surface area (Å²) < 4.78 is 17.3. The lowest BCUT2D eigenvalue weighted by molar-refractivity contribution is -0.208. The molecule has 0 aromatic carbocycles. The van der Waals surface area contributed by atoms with Gasteiger partial charge in [-0.05, 0) is 19.8 Å². The van der Waals surface area contributed by atoms with Crippen LogP contribution in [-0.2, 0) is 14.2 Å². The summed E-state index contributed by atoms with van der Waals surface area (Å²) >= 11 is 0. The Bertz CT molecular complexity index is 256. The third-order valence-corrected chi connectivity index (χ3v) is 3.32. The van der Waals surface area contributed by atoms with Crippen LogP contribution >= 0.6 is 0 Å². The van der Waals surface area contributed by atoms with Crippen LogP contribution in [0.3, 0.4) is 0 Å². The third-order valence-electron chi connectivity index (χ3n) is 3.32. The quantitative estimate of drug-likeness (QED) is 0.615. The van der Waals surface area contributed by atoms with Crippen molar-refractivity contribution in [1.82, 2.24) is 5.32 Å². The molecule has 0 bridgehead atoms. The van der Waals surface area contributed by atoms with Crippen LogP contribution < -0.4 is 5.32 Å². The molecular weight excluding hydrogens is 182 g/mol. The van der Waals surface area contributed by atoms with Gasteiger partial charge in [-0.15, -0.1) is 0 Å². The van der Waals surface area contributed by atoms with Crippen molar-refractivity contribution in [3.05, 3.63) is 0 Å². The first-order valence-electron chi connectivity index (χ1n) is 5.31. The first kappa shape index (κ1) is 9.09. The van der Waals surface area contributed by atoms with Crippen molar-refractivity contribution < 1.29 is 14.2 Å². The Labute approximate surface area is 83.9 Å². The van der Waals surface area contributed by atoms with Gasteiger partial charge in [-0.25, -0.2) is 0 Å². The average Bonchev–Trinajstić information content (AvgIpc) is 2.63. The van der Waals surface area contributed by atoms with Crippen LogP contribution in [-0.4, -0.2) is 36.9 Å². The van der Waals surface area contributed by atoms with Crippen LogP contribution in [0.5, 0.6) is 0 Å². The van der Waals surface area contributed by atoms with Crippen molar-refractivity contribution in [1.29, 1.82) is 0 Å². The molecule has 3 fully saturated rings. The van der Waals surface area contributed by atoms with E-state index in [0.29, 0.717) is 12.0 Å². The Kier molecular flexibility index (Phi) is 1.75. The number of ether oxygens (including phenoxy) is 3. The smallest absolute Gasteiger partial charge is 0.189 e. The molecule has 3 aliphatic rings. The second kappa shape index (κ2) is 2.70. The molecule has 80 valence electrons. The van der Waals surface area contributed by atoms with Crippen LogP contribution in [0, 0.1) is 5.92 Å². The Morgan fingerprint density at radius 2 is 2.00 bits per heavy atom. The Morgan fingerprint density at radius 3 is 2.79 bits per heavy atom. The minimum absolute atomic E-state index is 0.0694. The fourth-order valence-corrected chi connectivity index (χ4v) is 2.69. The predicted octanol–water partition coefficient (Wildman–Crippen LogP) is 0.471. The molecule has 0 radical (unpaired) electrons. The highest BCUT2D eigenvalue weighted by Gasteiger charge is 2.57. The van der Waals surface area contributed by atoms with Crippen molar-refractivity contribution in [3.63, 3.8) is 0 Å². The SMILES string of the molecule is C[C@@H]1CN[C@@H]2[C@H]1O[C@@H]1OC(C)(C)O[C@@H]12. The number of hydrogen-bond donors (Lipinski definition) is 1. The number of hydrogen-bond acceptors (Lipinski definition) is 4. The molecule has 4 heteroatoms. The van der Waals surface area contributed by atoms with E-state index in [4.69, 9.17) is 14.2 Å². The monoisotopic (exact) mass is 199 g/mol. The molecule has 5 atom stereocenters. The van der Waals surface area contributed by atoms with Gasteiger partial charge in [-0.1, -0.05) is 6.92 Å². The van der Waals surface area contributed by atoms with Crippen molar-refractivity contribution in [2.75, 3.05) is 6.54 Å². The zero-order valence-electron chi connectivity index (χ0n) is 8.82. The first-order chi connectivity index (χ1) is 6.57. The van der Waals surface area contributed by atoms with Gasteiger partial charge in [-0.3, -0.25) is 0 Å². The molecule has 3 heterocycles. The number of rotatable bonds is 0. The minimum Gasteiger partial charge on any atom is -0.344 e. The van der Waals surface area contributed by atoms with Crippen LogP contribution in [0.1, 0.15) is 20.8 Å². The first-order valence-corrected chi connectivity index (χ1v) is 5.31. The maximum Gasteiger partial charge on any atom is 0.189 e. The summed E-state index contributed by atoms with van der Waals surface area (Å²) in [5, 5.41) is 3.45. The summed E-state index contributed by atoms with van der Waals surface area (Å²) in [4.78, 5) is 0. The second-order valence-electron chi connectivity index (χ2n) is 4.98. The molecule has 3 saturated heterocycles. The highest BCUT2D eigenvalue weighted by atomic mass is 16.8. The molecule has 4 nitrogen and oxygen atoms in total. The normalized spacial score (nSPS) is 54.6. The van der Waals surface area contributed by atoms with E-state index in [9.17, 15) is 0 Å². The maximum absolute atomic E-state index is 5.85. The van der Waals surface area contributed by atoms with Gasteiger partial charge in [0.15, 0.2) is 12.1 Å². The van der Waals surface area contributed by atoms with E-state index in [1.807, 2.05) is 13.8 Å². The van der Waals surface area contributed by atoms with E-state index >= 15 is 0 Å². The van der Waals surface area contributed by atoms with Crippen molar-refractivity contribution >= 4 is 0 Å². The zero-order valence-corrected chi connectivity index (χ0v) is 8.82. The Balaban J connectivity index is 1.80. The molecule has 0 spiro atoms. The van der Waals surface area contributed by atoms with Gasteiger partial charge in [0.2, 0.25) is 0 Å². The number of nitrogens with one attached hydrogen (secondary N) is 1. The van der Waals surface area contributed by atoms with E-state index in [0.717, 1.165) is 6.54 Å². The molecule has 0 unspecified atom stereocenters. The predicted molar refractivity (Wildman–Crippen MR) is 49.7 cm³/mol. The number of fused-ring (bicyclic) bond motifs is 3. The lowest BCUT2D eigenvalue weighted by Crippen LogP contribution is -2.39. The van der Waals surface area contributed by atoms with E-state index in [-0.39, 0.29) is 18.5 Å². The molecule has 0 aromatic rings. The lowest BCUT2D eigenvalue weighted by Gasteiger charge is -2.22. The molecule has 3 aliphatic heterocycles. The zero-order chi connectivity index (χ0) is 9.92. The third kappa shape index (κ3) is 1.15. The largest absolute Gasteiger partial charge is 0.344 e. The highest BCUT2D eigenvalue weighted by Crippen LogP contribution is 2.41. The van der Waals surface area contributed by atoms with Crippen molar-refractivity contribution in [3.8, 4) is 0 Å². The van der Waals surface area contributed by atoms with Crippen LogP contribution in [0.2, 0.25) is 0 Å². The molecule has 0 aromatic heterocycles. The van der Waals surface area contributed by atoms with E-state index < -0.39 is 5.79 Å². The summed E-state index contributed by atoms with van der Waals surface area (Å²) in [5.74, 6) is 0.0641. The van der Waals surface area contributed by atoms with Crippen molar-refractivity contribution in [2.45, 2.75) is 51.1 Å². The Hall–Kier alpha value is -0.160. The molecule has 1 N–H and O–H groups in total. The van der Waals surface area contributed by atoms with Gasteiger partial charge in [0.1, 0.15) is 6.10 Å². The highest BCUT2D eigenvalue weighted by molar-refractivity contribution is 5.03. The minimum atomic E-state index is -0.492. The van der Waals surface area contributed by atoms with E-state index in [1.54, 1.807) is 0 Å². The molecule has 0 amide bonds. The molecule has 14 heavy (non-hydrogen) atoms. The van der Waals surface area contributed by atoms with Gasteiger partial charge >= 0.3 is 0 Å². The van der Waals surface area contributed by atoms with Gasteiger partial charge in [-0.2, -0.15) is 0 Å². The van der Waals surface area contributed by atoms with Crippen LogP contribution in [0.15, 0.2) is 0 Å². The van der Waals surface area contributed by atoms with Crippen LogP contribution in [0.4, 0.5) is 0 Å². The summed E-state index contributed by atoms with van der Waals surface area (Å²) in [6, 6.07) is 0.316. The van der Waals surface area contributed by atoms with Gasteiger partial charge < -0.3 is 19.5 Å². The van der Waals surface area contributed by atoms with E-state index in [1.165, 1.54) is 0 Å². The maximum atomic E-state index is 5.85.